The lowest BCUT2D eigenvalue weighted by Gasteiger charge is -2.36. The van der Waals surface area contributed by atoms with Crippen molar-refractivity contribution in [2.75, 3.05) is 43.5 Å². The smallest absolute Gasteiger partial charge is 0.471 e. The zero-order valence-corrected chi connectivity index (χ0v) is 16.9. The number of nitrogens with zero attached hydrogens (tertiary/aromatic N) is 3. The summed E-state index contributed by atoms with van der Waals surface area (Å²) in [4.78, 5) is 36.8. The van der Waals surface area contributed by atoms with Crippen LogP contribution in [0.5, 0.6) is 5.75 Å². The Labute approximate surface area is 180 Å². The van der Waals surface area contributed by atoms with Crippen molar-refractivity contribution < 1.29 is 32.4 Å². The molecule has 1 N–H and O–H groups in total. The second-order valence-electron chi connectivity index (χ2n) is 6.92. The number of nitrogens with one attached hydrogen (secondary N) is 1. The van der Waals surface area contributed by atoms with Gasteiger partial charge in [0.05, 0.1) is 12.0 Å². The summed E-state index contributed by atoms with van der Waals surface area (Å²) in [5.41, 5.74) is 0.899. The predicted molar refractivity (Wildman–Crippen MR) is 109 cm³/mol. The van der Waals surface area contributed by atoms with E-state index in [1.54, 1.807) is 24.3 Å². The van der Waals surface area contributed by atoms with E-state index in [9.17, 15) is 32.9 Å². The van der Waals surface area contributed by atoms with E-state index in [1.807, 2.05) is 4.90 Å². The Kier molecular flexibility index (Phi) is 6.51. The molecule has 0 spiro atoms. The van der Waals surface area contributed by atoms with Crippen LogP contribution in [0.25, 0.3) is 0 Å². The molecule has 0 bridgehead atoms. The number of methoxy groups -OCH3 is 1. The number of amides is 2. The minimum atomic E-state index is -4.88. The van der Waals surface area contributed by atoms with Gasteiger partial charge in [0.25, 0.3) is 5.91 Å². The molecule has 170 valence electrons. The van der Waals surface area contributed by atoms with Crippen LogP contribution in [0.4, 0.5) is 30.2 Å². The molecule has 32 heavy (non-hydrogen) atoms. The summed E-state index contributed by atoms with van der Waals surface area (Å²) in [7, 11) is 1.29. The van der Waals surface area contributed by atoms with E-state index in [0.29, 0.717) is 5.69 Å². The van der Waals surface area contributed by atoms with Crippen LogP contribution in [0.1, 0.15) is 10.4 Å². The number of ether oxygens (including phenoxy) is 1. The highest BCUT2D eigenvalue weighted by Crippen LogP contribution is 2.28. The number of rotatable bonds is 5. The highest BCUT2D eigenvalue weighted by Gasteiger charge is 2.43. The molecule has 9 nitrogen and oxygen atoms in total. The summed E-state index contributed by atoms with van der Waals surface area (Å²) in [6.45, 7) is 0.381. The first-order valence-corrected chi connectivity index (χ1v) is 9.45. The number of benzene rings is 2. The molecule has 0 saturated carbocycles. The van der Waals surface area contributed by atoms with Gasteiger partial charge in [0, 0.05) is 49.2 Å². The maximum absolute atomic E-state index is 12.5. The van der Waals surface area contributed by atoms with Gasteiger partial charge in [0.2, 0.25) is 0 Å². The fourth-order valence-corrected chi connectivity index (χ4v) is 3.28. The fourth-order valence-electron chi connectivity index (χ4n) is 3.28. The van der Waals surface area contributed by atoms with E-state index in [4.69, 9.17) is 4.74 Å². The van der Waals surface area contributed by atoms with Gasteiger partial charge in [-0.2, -0.15) is 13.2 Å². The monoisotopic (exact) mass is 452 g/mol. The average Bonchev–Trinajstić information content (AvgIpc) is 2.78. The van der Waals surface area contributed by atoms with Crippen LogP contribution in [0.3, 0.4) is 0 Å². The summed E-state index contributed by atoms with van der Waals surface area (Å²) in [6.07, 6.45) is -4.88. The summed E-state index contributed by atoms with van der Waals surface area (Å²) in [5.74, 6) is -2.36. The van der Waals surface area contributed by atoms with Gasteiger partial charge >= 0.3 is 17.8 Å². The standard InChI is InChI=1S/C20H19F3N4O5/c1-32-17-7-2-13(12-16(17)27(30)31)18(28)24-14-3-5-15(6-4-14)25-8-10-26(11-9-25)19(29)20(21,22)23/h2-7,12H,8-11H2,1H3,(H,24,28). The van der Waals surface area contributed by atoms with Crippen LogP contribution in [-0.2, 0) is 4.79 Å². The summed E-state index contributed by atoms with van der Waals surface area (Å²) in [6, 6.07) is 10.4. The minimum Gasteiger partial charge on any atom is -0.490 e. The molecular weight excluding hydrogens is 433 g/mol. The van der Waals surface area contributed by atoms with Crippen molar-refractivity contribution in [1.29, 1.82) is 0 Å². The molecule has 2 amide bonds. The van der Waals surface area contributed by atoms with Crippen molar-refractivity contribution in [2.45, 2.75) is 6.18 Å². The highest BCUT2D eigenvalue weighted by atomic mass is 19.4. The molecule has 1 fully saturated rings. The van der Waals surface area contributed by atoms with E-state index < -0.39 is 22.9 Å². The predicted octanol–water partition coefficient (Wildman–Crippen LogP) is 3.07. The van der Waals surface area contributed by atoms with Gasteiger partial charge in [-0.15, -0.1) is 0 Å². The molecule has 0 atom stereocenters. The topological polar surface area (TPSA) is 105 Å². The summed E-state index contributed by atoms with van der Waals surface area (Å²) < 4.78 is 42.5. The fraction of sp³-hybridized carbons (Fsp3) is 0.300. The first kappa shape index (κ1) is 22.8. The van der Waals surface area contributed by atoms with E-state index in [0.717, 1.165) is 16.7 Å². The van der Waals surface area contributed by atoms with E-state index in [-0.39, 0.29) is 43.2 Å². The molecule has 0 radical (unpaired) electrons. The largest absolute Gasteiger partial charge is 0.490 e. The van der Waals surface area contributed by atoms with Gasteiger partial charge < -0.3 is 19.9 Å². The Balaban J connectivity index is 1.62. The Hall–Kier alpha value is -3.83. The lowest BCUT2D eigenvalue weighted by Crippen LogP contribution is -2.52. The van der Waals surface area contributed by atoms with Crippen LogP contribution in [-0.4, -0.2) is 61.1 Å². The molecule has 3 rings (SSSR count). The van der Waals surface area contributed by atoms with Gasteiger partial charge in [0.1, 0.15) is 0 Å². The highest BCUT2D eigenvalue weighted by molar-refractivity contribution is 6.04. The van der Waals surface area contributed by atoms with E-state index >= 15 is 0 Å². The van der Waals surface area contributed by atoms with Gasteiger partial charge in [0.15, 0.2) is 5.75 Å². The van der Waals surface area contributed by atoms with Crippen LogP contribution < -0.4 is 15.0 Å². The molecule has 2 aromatic carbocycles. The molecule has 12 heteroatoms. The molecule has 1 aliphatic heterocycles. The Morgan fingerprint density at radius 1 is 1.06 bits per heavy atom. The number of carbonyl (C=O) groups is 2. The molecule has 0 aromatic heterocycles. The van der Waals surface area contributed by atoms with Crippen molar-refractivity contribution in [1.82, 2.24) is 4.90 Å². The Bertz CT molecular complexity index is 1020. The van der Waals surface area contributed by atoms with Crippen LogP contribution in [0.2, 0.25) is 0 Å². The van der Waals surface area contributed by atoms with E-state index in [1.165, 1.54) is 19.2 Å². The molecule has 0 aliphatic carbocycles. The number of hydrogen-bond donors (Lipinski definition) is 1. The third kappa shape index (κ3) is 5.07. The van der Waals surface area contributed by atoms with Crippen LogP contribution in [0, 0.1) is 10.1 Å². The van der Waals surface area contributed by atoms with Crippen molar-refractivity contribution >= 4 is 28.9 Å². The molecule has 1 saturated heterocycles. The van der Waals surface area contributed by atoms with Crippen molar-refractivity contribution in [3.63, 3.8) is 0 Å². The molecule has 1 heterocycles. The average molecular weight is 452 g/mol. The number of halogens is 3. The first-order valence-electron chi connectivity index (χ1n) is 9.45. The zero-order chi connectivity index (χ0) is 23.5. The molecule has 2 aromatic rings. The third-order valence-corrected chi connectivity index (χ3v) is 4.94. The lowest BCUT2D eigenvalue weighted by atomic mass is 10.1. The van der Waals surface area contributed by atoms with Gasteiger partial charge in [-0.3, -0.25) is 19.7 Å². The zero-order valence-electron chi connectivity index (χ0n) is 16.9. The SMILES string of the molecule is COc1ccc(C(=O)Nc2ccc(N3CCN(C(=O)C(F)(F)F)CC3)cc2)cc1[N+](=O)[O-]. The third-order valence-electron chi connectivity index (χ3n) is 4.94. The molecular formula is C20H19F3N4O5. The maximum Gasteiger partial charge on any atom is 0.471 e. The number of nitro benzene ring substituents is 1. The Morgan fingerprint density at radius 2 is 1.69 bits per heavy atom. The lowest BCUT2D eigenvalue weighted by molar-refractivity contribution is -0.385. The quantitative estimate of drug-likeness (QED) is 0.552. The van der Waals surface area contributed by atoms with Crippen molar-refractivity contribution in [3.05, 3.63) is 58.1 Å². The van der Waals surface area contributed by atoms with Gasteiger partial charge in [-0.1, -0.05) is 0 Å². The number of alkyl halides is 3. The maximum atomic E-state index is 12.5. The van der Waals surface area contributed by atoms with Crippen molar-refractivity contribution in [2.24, 2.45) is 0 Å². The number of piperazine rings is 1. The number of hydrogen-bond acceptors (Lipinski definition) is 6. The van der Waals surface area contributed by atoms with Crippen molar-refractivity contribution in [3.8, 4) is 5.75 Å². The van der Waals surface area contributed by atoms with Gasteiger partial charge in [-0.05, 0) is 36.4 Å². The summed E-state index contributed by atoms with van der Waals surface area (Å²) >= 11 is 0. The number of anilines is 2. The minimum absolute atomic E-state index is 0.0351. The molecule has 0 unspecified atom stereocenters. The van der Waals surface area contributed by atoms with Gasteiger partial charge in [-0.25, -0.2) is 0 Å². The normalized spacial score (nSPS) is 14.1. The Morgan fingerprint density at radius 3 is 2.22 bits per heavy atom. The van der Waals surface area contributed by atoms with Crippen LogP contribution >= 0.6 is 0 Å². The summed E-state index contributed by atoms with van der Waals surface area (Å²) in [5, 5.41) is 13.8. The second kappa shape index (κ2) is 9.12. The number of carbonyl (C=O) groups excluding carboxylic acids is 2. The number of nitro groups is 1. The van der Waals surface area contributed by atoms with E-state index in [2.05, 4.69) is 5.32 Å². The molecule has 1 aliphatic rings. The second-order valence-corrected chi connectivity index (χ2v) is 6.92. The van der Waals surface area contributed by atoms with Crippen LogP contribution in [0.15, 0.2) is 42.5 Å². The first-order chi connectivity index (χ1) is 15.1.